The van der Waals surface area contributed by atoms with Gasteiger partial charge in [0.25, 0.3) is 5.91 Å². The summed E-state index contributed by atoms with van der Waals surface area (Å²) in [6.07, 6.45) is 2.30. The van der Waals surface area contributed by atoms with Gasteiger partial charge in [-0.1, -0.05) is 12.1 Å². The number of amides is 1. The van der Waals surface area contributed by atoms with E-state index >= 15 is 0 Å². The van der Waals surface area contributed by atoms with Crippen molar-refractivity contribution in [3.05, 3.63) is 71.3 Å². The molecule has 0 saturated carbocycles. The quantitative estimate of drug-likeness (QED) is 0.446. The zero-order valence-corrected chi connectivity index (χ0v) is 20.1. The fourth-order valence-corrected chi connectivity index (χ4v) is 5.90. The number of fused-ring (bicyclic) bond motifs is 10. The van der Waals surface area contributed by atoms with Crippen LogP contribution in [0.2, 0.25) is 0 Å². The number of carbonyl (C=O) groups is 1. The summed E-state index contributed by atoms with van der Waals surface area (Å²) >= 11 is 0. The lowest BCUT2D eigenvalue weighted by Gasteiger charge is -2.24. The van der Waals surface area contributed by atoms with Crippen LogP contribution in [0.3, 0.4) is 0 Å². The molecular formula is C27H23F2N5O3. The molecular weight excluding hydrogens is 480 g/mol. The molecule has 0 fully saturated rings. The average molecular weight is 504 g/mol. The van der Waals surface area contributed by atoms with Gasteiger partial charge in [0.05, 0.1) is 28.7 Å². The van der Waals surface area contributed by atoms with Crippen molar-refractivity contribution in [1.82, 2.24) is 19.4 Å². The molecule has 0 saturated heterocycles. The topological polar surface area (TPSA) is 95.5 Å². The molecule has 1 amide bonds. The van der Waals surface area contributed by atoms with Crippen LogP contribution in [0.4, 0.5) is 8.78 Å². The SMILES string of the molecule is CN1C(=O)c2cccc(OC(F)F)c2[C@H]2C[C@@H]1c1nc3ccc(-c4cnc5c(c4)OC[C@]5(C)N)cc3n12. The molecule has 0 aliphatic carbocycles. The molecule has 2 bridgehead atoms. The molecule has 37 heavy (non-hydrogen) atoms. The van der Waals surface area contributed by atoms with E-state index in [4.69, 9.17) is 20.2 Å². The maximum Gasteiger partial charge on any atom is 0.387 e. The molecule has 8 nitrogen and oxygen atoms in total. The van der Waals surface area contributed by atoms with Crippen molar-refractivity contribution in [3.63, 3.8) is 0 Å². The van der Waals surface area contributed by atoms with Crippen molar-refractivity contribution < 1.29 is 23.0 Å². The number of alkyl halides is 2. The summed E-state index contributed by atoms with van der Waals surface area (Å²) in [7, 11) is 1.72. The van der Waals surface area contributed by atoms with Crippen LogP contribution in [0.1, 0.15) is 52.9 Å². The fourth-order valence-electron chi connectivity index (χ4n) is 5.90. The van der Waals surface area contributed by atoms with E-state index in [1.807, 2.05) is 31.2 Å². The molecule has 3 aliphatic rings. The van der Waals surface area contributed by atoms with Gasteiger partial charge in [0.15, 0.2) is 0 Å². The molecule has 0 unspecified atom stereocenters. The maximum atomic E-state index is 13.3. The maximum absolute atomic E-state index is 13.3. The zero-order valence-electron chi connectivity index (χ0n) is 20.1. The third kappa shape index (κ3) is 3.11. The van der Waals surface area contributed by atoms with Gasteiger partial charge in [-0.05, 0) is 42.8 Å². The number of halogens is 2. The summed E-state index contributed by atoms with van der Waals surface area (Å²) in [5.41, 5.74) is 10.6. The van der Waals surface area contributed by atoms with E-state index in [0.29, 0.717) is 29.9 Å². The molecule has 188 valence electrons. The number of nitrogens with two attached hydrogens (primary N) is 1. The third-order valence-corrected chi connectivity index (χ3v) is 7.66. The number of ether oxygens (including phenoxy) is 2. The summed E-state index contributed by atoms with van der Waals surface area (Å²) in [5.74, 6) is 1.16. The van der Waals surface area contributed by atoms with Crippen LogP contribution in [0, 0.1) is 0 Å². The Morgan fingerprint density at radius 1 is 1.19 bits per heavy atom. The largest absolute Gasteiger partial charge is 0.489 e. The van der Waals surface area contributed by atoms with E-state index in [1.54, 1.807) is 30.3 Å². The first kappa shape index (κ1) is 22.2. The van der Waals surface area contributed by atoms with Crippen LogP contribution in [0.5, 0.6) is 11.5 Å². The van der Waals surface area contributed by atoms with Gasteiger partial charge in [-0.3, -0.25) is 9.78 Å². The van der Waals surface area contributed by atoms with Crippen LogP contribution in [-0.4, -0.2) is 45.6 Å². The van der Waals surface area contributed by atoms with Crippen LogP contribution in [0.15, 0.2) is 48.7 Å². The minimum absolute atomic E-state index is 0.00978. The second kappa shape index (κ2) is 7.48. The number of benzene rings is 2. The third-order valence-electron chi connectivity index (χ3n) is 7.66. The summed E-state index contributed by atoms with van der Waals surface area (Å²) < 4.78 is 39.4. The highest BCUT2D eigenvalue weighted by Crippen LogP contribution is 2.50. The van der Waals surface area contributed by atoms with Crippen molar-refractivity contribution in [2.24, 2.45) is 5.73 Å². The fraction of sp³-hybridized carbons (Fsp3) is 0.296. The minimum Gasteiger partial charge on any atom is -0.489 e. The second-order valence-electron chi connectivity index (χ2n) is 10.1. The number of imidazole rings is 1. The van der Waals surface area contributed by atoms with Gasteiger partial charge in [0, 0.05) is 36.4 Å². The summed E-state index contributed by atoms with van der Waals surface area (Å²) in [4.78, 5) is 24.4. The number of aromatic nitrogens is 3. The monoisotopic (exact) mass is 503 g/mol. The van der Waals surface area contributed by atoms with Gasteiger partial charge in [-0.15, -0.1) is 0 Å². The molecule has 10 heteroatoms. The van der Waals surface area contributed by atoms with Crippen molar-refractivity contribution >= 4 is 16.9 Å². The predicted molar refractivity (Wildman–Crippen MR) is 131 cm³/mol. The van der Waals surface area contributed by atoms with Crippen LogP contribution >= 0.6 is 0 Å². The van der Waals surface area contributed by atoms with E-state index < -0.39 is 18.2 Å². The Bertz CT molecular complexity index is 1620. The highest BCUT2D eigenvalue weighted by molar-refractivity contribution is 5.98. The molecule has 3 aliphatic heterocycles. The molecule has 2 N–H and O–H groups in total. The normalized spacial score (nSPS) is 23.6. The van der Waals surface area contributed by atoms with Crippen LogP contribution in [-0.2, 0) is 5.54 Å². The highest BCUT2D eigenvalue weighted by Gasteiger charge is 2.45. The summed E-state index contributed by atoms with van der Waals surface area (Å²) in [5, 5.41) is 0. The van der Waals surface area contributed by atoms with E-state index in [1.165, 1.54) is 6.07 Å². The van der Waals surface area contributed by atoms with Crippen LogP contribution in [0.25, 0.3) is 22.2 Å². The lowest BCUT2D eigenvalue weighted by atomic mass is 9.97. The van der Waals surface area contributed by atoms with Gasteiger partial charge in [0.1, 0.15) is 29.6 Å². The molecule has 4 aromatic rings. The van der Waals surface area contributed by atoms with Gasteiger partial charge >= 0.3 is 6.61 Å². The number of hydrogen-bond donors (Lipinski definition) is 1. The highest BCUT2D eigenvalue weighted by atomic mass is 19.3. The Balaban J connectivity index is 1.41. The minimum atomic E-state index is -3.00. The van der Waals surface area contributed by atoms with Gasteiger partial charge in [-0.2, -0.15) is 8.78 Å². The Hall–Kier alpha value is -4.05. The van der Waals surface area contributed by atoms with E-state index in [9.17, 15) is 13.6 Å². The Morgan fingerprint density at radius 3 is 2.84 bits per heavy atom. The van der Waals surface area contributed by atoms with Crippen molar-refractivity contribution in [2.45, 2.75) is 37.6 Å². The molecule has 3 atom stereocenters. The average Bonchev–Trinajstić information content (AvgIpc) is 3.50. The molecule has 0 spiro atoms. The number of rotatable bonds is 3. The van der Waals surface area contributed by atoms with Gasteiger partial charge in [-0.25, -0.2) is 4.98 Å². The second-order valence-corrected chi connectivity index (χ2v) is 10.1. The van der Waals surface area contributed by atoms with Crippen molar-refractivity contribution in [2.75, 3.05) is 13.7 Å². The number of nitrogens with zero attached hydrogens (tertiary/aromatic N) is 4. The van der Waals surface area contributed by atoms with Gasteiger partial charge < -0.3 is 24.7 Å². The Morgan fingerprint density at radius 2 is 2.03 bits per heavy atom. The number of carbonyl (C=O) groups excluding carboxylic acids is 1. The van der Waals surface area contributed by atoms with E-state index in [2.05, 4.69) is 9.55 Å². The molecule has 2 aromatic heterocycles. The summed E-state index contributed by atoms with van der Waals surface area (Å²) in [6, 6.07) is 11.9. The van der Waals surface area contributed by atoms with E-state index in [-0.39, 0.29) is 17.7 Å². The standard InChI is InChI=1S/C27H23F2N5O3/c1-27(30)12-36-21-9-14(11-31-23(21)27)13-6-7-16-17(8-13)34-18-10-19(24(34)32-16)33(2)25(35)15-4-3-5-20(22(15)18)37-26(28)29/h3-9,11,18-19,26H,10,12,30H2,1-2H3/t18-,19-,27+/m1/s1. The molecule has 5 heterocycles. The van der Waals surface area contributed by atoms with Crippen molar-refractivity contribution in [3.8, 4) is 22.6 Å². The van der Waals surface area contributed by atoms with Gasteiger partial charge in [0.2, 0.25) is 0 Å². The number of hydrogen-bond acceptors (Lipinski definition) is 6. The van der Waals surface area contributed by atoms with Crippen LogP contribution < -0.4 is 15.2 Å². The summed E-state index contributed by atoms with van der Waals surface area (Å²) in [6.45, 7) is -0.749. The Kier molecular flexibility index (Phi) is 4.48. The number of pyridine rings is 1. The molecule has 7 rings (SSSR count). The smallest absolute Gasteiger partial charge is 0.387 e. The van der Waals surface area contributed by atoms with E-state index in [0.717, 1.165) is 33.7 Å². The molecule has 0 radical (unpaired) electrons. The predicted octanol–water partition coefficient (Wildman–Crippen LogP) is 4.39. The Labute approximate surface area is 210 Å². The first-order chi connectivity index (χ1) is 17.7. The van der Waals surface area contributed by atoms with Crippen molar-refractivity contribution in [1.29, 1.82) is 0 Å². The lowest BCUT2D eigenvalue weighted by molar-refractivity contribution is -0.0507. The molecule has 2 aromatic carbocycles. The zero-order chi connectivity index (χ0) is 25.6. The first-order valence-electron chi connectivity index (χ1n) is 12.0. The lowest BCUT2D eigenvalue weighted by Crippen LogP contribution is -2.35. The first-order valence-corrected chi connectivity index (χ1v) is 12.0.